The van der Waals surface area contributed by atoms with E-state index >= 15 is 0 Å². The Labute approximate surface area is 164 Å². The third-order valence-corrected chi connectivity index (χ3v) is 4.28. The van der Waals surface area contributed by atoms with Gasteiger partial charge in [0.15, 0.2) is 17.6 Å². The minimum absolute atomic E-state index is 0.249. The number of carbonyl (C=O) groups excluding carboxylic acids is 1. The Morgan fingerprint density at radius 3 is 2.22 bits per heavy atom. The summed E-state index contributed by atoms with van der Waals surface area (Å²) in [4.78, 5) is 12.4. The van der Waals surface area contributed by atoms with E-state index in [-0.39, 0.29) is 12.5 Å². The van der Waals surface area contributed by atoms with Gasteiger partial charge in [0.1, 0.15) is 11.5 Å². The summed E-state index contributed by atoms with van der Waals surface area (Å²) >= 11 is 5.94. The predicted molar refractivity (Wildman–Crippen MR) is 104 cm³/mol. The lowest BCUT2D eigenvalue weighted by molar-refractivity contribution is -0.127. The maximum absolute atomic E-state index is 12.4. The minimum atomic E-state index is -0.670. The van der Waals surface area contributed by atoms with Crippen LogP contribution in [-0.2, 0) is 11.3 Å². The molecular weight excluding hydrogens is 370 g/mol. The molecule has 2 rings (SSSR count). The van der Waals surface area contributed by atoms with Gasteiger partial charge in [0.05, 0.1) is 21.3 Å². The van der Waals surface area contributed by atoms with Crippen LogP contribution in [-0.4, -0.2) is 33.3 Å². The first-order valence-electron chi connectivity index (χ1n) is 8.39. The first-order valence-corrected chi connectivity index (χ1v) is 8.76. The first-order chi connectivity index (χ1) is 12.9. The summed E-state index contributed by atoms with van der Waals surface area (Å²) in [5.74, 6) is 2.07. The summed E-state index contributed by atoms with van der Waals surface area (Å²) in [5, 5.41) is 3.47. The van der Waals surface area contributed by atoms with Gasteiger partial charge in [-0.2, -0.15) is 0 Å². The SMILES string of the molecule is COc1cc(OC)c(OC)cc1CNC(=O)[C@@H](C)Oc1ccc(Cl)cc1C. The minimum Gasteiger partial charge on any atom is -0.496 e. The van der Waals surface area contributed by atoms with Crippen molar-refractivity contribution in [3.63, 3.8) is 0 Å². The van der Waals surface area contributed by atoms with E-state index in [0.717, 1.165) is 11.1 Å². The number of aryl methyl sites for hydroxylation is 1. The molecule has 6 nitrogen and oxygen atoms in total. The quantitative estimate of drug-likeness (QED) is 0.739. The van der Waals surface area contributed by atoms with Crippen molar-refractivity contribution in [1.82, 2.24) is 5.32 Å². The van der Waals surface area contributed by atoms with Crippen LogP contribution >= 0.6 is 11.6 Å². The van der Waals surface area contributed by atoms with Crippen molar-refractivity contribution in [2.75, 3.05) is 21.3 Å². The molecule has 0 saturated heterocycles. The van der Waals surface area contributed by atoms with Crippen molar-refractivity contribution >= 4 is 17.5 Å². The van der Waals surface area contributed by atoms with Crippen molar-refractivity contribution in [2.24, 2.45) is 0 Å². The molecule has 0 bridgehead atoms. The van der Waals surface area contributed by atoms with Gasteiger partial charge in [-0.15, -0.1) is 0 Å². The molecule has 1 atom stereocenters. The van der Waals surface area contributed by atoms with E-state index in [1.807, 2.05) is 6.92 Å². The molecule has 146 valence electrons. The van der Waals surface area contributed by atoms with Gasteiger partial charge in [-0.3, -0.25) is 4.79 Å². The van der Waals surface area contributed by atoms with E-state index in [2.05, 4.69) is 5.32 Å². The van der Waals surface area contributed by atoms with Crippen molar-refractivity contribution < 1.29 is 23.7 Å². The summed E-state index contributed by atoms with van der Waals surface area (Å²) < 4.78 is 21.7. The Bertz CT molecular complexity index is 809. The fourth-order valence-electron chi connectivity index (χ4n) is 2.55. The van der Waals surface area contributed by atoms with E-state index in [9.17, 15) is 4.79 Å². The molecule has 2 aromatic carbocycles. The van der Waals surface area contributed by atoms with Crippen LogP contribution in [0, 0.1) is 6.92 Å². The first kappa shape index (κ1) is 20.7. The number of ether oxygens (including phenoxy) is 4. The highest BCUT2D eigenvalue weighted by Crippen LogP contribution is 2.34. The van der Waals surface area contributed by atoms with E-state index in [1.165, 1.54) is 0 Å². The van der Waals surface area contributed by atoms with Gasteiger partial charge < -0.3 is 24.3 Å². The van der Waals surface area contributed by atoms with E-state index in [0.29, 0.717) is 28.0 Å². The lowest BCUT2D eigenvalue weighted by Gasteiger charge is -2.18. The van der Waals surface area contributed by atoms with Crippen LogP contribution in [0.1, 0.15) is 18.1 Å². The van der Waals surface area contributed by atoms with E-state index in [4.69, 9.17) is 30.5 Å². The number of nitrogens with one attached hydrogen (secondary N) is 1. The number of benzene rings is 2. The number of halogens is 1. The zero-order chi connectivity index (χ0) is 20.0. The van der Waals surface area contributed by atoms with Crippen molar-refractivity contribution in [3.05, 3.63) is 46.5 Å². The third-order valence-electron chi connectivity index (χ3n) is 4.05. The topological polar surface area (TPSA) is 66.0 Å². The van der Waals surface area contributed by atoms with E-state index in [1.54, 1.807) is 58.6 Å². The summed E-state index contributed by atoms with van der Waals surface area (Å²) in [6.45, 7) is 3.82. The maximum atomic E-state index is 12.4. The largest absolute Gasteiger partial charge is 0.496 e. The maximum Gasteiger partial charge on any atom is 0.261 e. The molecule has 2 aromatic rings. The van der Waals surface area contributed by atoms with Gasteiger partial charge in [-0.1, -0.05) is 11.6 Å². The summed E-state index contributed by atoms with van der Waals surface area (Å²) in [6.07, 6.45) is -0.670. The van der Waals surface area contributed by atoms with Crippen LogP contribution in [0.5, 0.6) is 23.0 Å². The molecule has 0 saturated carbocycles. The molecule has 0 heterocycles. The van der Waals surface area contributed by atoms with Crippen molar-refractivity contribution in [1.29, 1.82) is 0 Å². The standard InChI is InChI=1S/C20H24ClNO5/c1-12-8-15(21)6-7-16(12)27-13(2)20(23)22-11-14-9-18(25-4)19(26-5)10-17(14)24-3/h6-10,13H,11H2,1-5H3,(H,22,23)/t13-/m1/s1. The van der Waals surface area contributed by atoms with Crippen LogP contribution in [0.15, 0.2) is 30.3 Å². The molecule has 27 heavy (non-hydrogen) atoms. The fourth-order valence-corrected chi connectivity index (χ4v) is 2.77. The molecular formula is C20H24ClNO5. The predicted octanol–water partition coefficient (Wildman–Crippen LogP) is 3.76. The van der Waals surface area contributed by atoms with Crippen LogP contribution < -0.4 is 24.3 Å². The summed E-state index contributed by atoms with van der Waals surface area (Å²) in [6, 6.07) is 8.75. The Kier molecular flexibility index (Phi) is 7.19. The Hall–Kier alpha value is -2.60. The number of methoxy groups -OCH3 is 3. The number of carbonyl (C=O) groups is 1. The van der Waals surface area contributed by atoms with Crippen molar-refractivity contribution in [3.8, 4) is 23.0 Å². The number of hydrogen-bond donors (Lipinski definition) is 1. The molecule has 0 aliphatic heterocycles. The molecule has 0 radical (unpaired) electrons. The average Bonchev–Trinajstić information content (AvgIpc) is 2.67. The second-order valence-electron chi connectivity index (χ2n) is 5.91. The molecule has 7 heteroatoms. The number of hydrogen-bond acceptors (Lipinski definition) is 5. The second-order valence-corrected chi connectivity index (χ2v) is 6.34. The van der Waals surface area contributed by atoms with Gasteiger partial charge >= 0.3 is 0 Å². The average molecular weight is 394 g/mol. The molecule has 0 aliphatic rings. The van der Waals surface area contributed by atoms with Crippen LogP contribution in [0.4, 0.5) is 0 Å². The molecule has 0 aromatic heterocycles. The normalized spacial score (nSPS) is 11.5. The zero-order valence-corrected chi connectivity index (χ0v) is 16.8. The van der Waals surface area contributed by atoms with E-state index < -0.39 is 6.10 Å². The molecule has 1 N–H and O–H groups in total. The second kappa shape index (κ2) is 9.37. The van der Waals surface area contributed by atoms with Crippen LogP contribution in [0.25, 0.3) is 0 Å². The molecule has 0 fully saturated rings. The number of rotatable bonds is 8. The van der Waals surface area contributed by atoms with Crippen LogP contribution in [0.3, 0.4) is 0 Å². The lowest BCUT2D eigenvalue weighted by Crippen LogP contribution is -2.36. The van der Waals surface area contributed by atoms with Crippen molar-refractivity contribution in [2.45, 2.75) is 26.5 Å². The zero-order valence-electron chi connectivity index (χ0n) is 16.1. The summed E-state index contributed by atoms with van der Waals surface area (Å²) in [5.41, 5.74) is 1.63. The molecule has 0 aliphatic carbocycles. The Balaban J connectivity index is 2.05. The number of amides is 1. The monoisotopic (exact) mass is 393 g/mol. The van der Waals surface area contributed by atoms with Gasteiger partial charge in [-0.25, -0.2) is 0 Å². The molecule has 0 spiro atoms. The molecule has 0 unspecified atom stereocenters. The Morgan fingerprint density at radius 1 is 1.00 bits per heavy atom. The third kappa shape index (κ3) is 5.20. The Morgan fingerprint density at radius 2 is 1.63 bits per heavy atom. The summed E-state index contributed by atoms with van der Waals surface area (Å²) in [7, 11) is 4.66. The smallest absolute Gasteiger partial charge is 0.261 e. The van der Waals surface area contributed by atoms with Gasteiger partial charge in [-0.05, 0) is 43.7 Å². The van der Waals surface area contributed by atoms with Crippen LogP contribution in [0.2, 0.25) is 5.02 Å². The fraction of sp³-hybridized carbons (Fsp3) is 0.350. The highest BCUT2D eigenvalue weighted by atomic mass is 35.5. The highest BCUT2D eigenvalue weighted by Gasteiger charge is 2.17. The lowest BCUT2D eigenvalue weighted by atomic mass is 10.1. The van der Waals surface area contributed by atoms with Gasteiger partial charge in [0, 0.05) is 23.2 Å². The molecule has 1 amide bonds. The van der Waals surface area contributed by atoms with Gasteiger partial charge in [0.2, 0.25) is 0 Å². The van der Waals surface area contributed by atoms with Gasteiger partial charge in [0.25, 0.3) is 5.91 Å². The highest BCUT2D eigenvalue weighted by molar-refractivity contribution is 6.30.